The molecule has 1 aromatic carbocycles. The second-order valence-corrected chi connectivity index (χ2v) is 4.86. The van der Waals surface area contributed by atoms with E-state index in [1.165, 1.54) is 0 Å². The average molecular weight is 347 g/mol. The molecule has 18 heavy (non-hydrogen) atoms. The summed E-state index contributed by atoms with van der Waals surface area (Å²) in [5.74, 6) is 0.369. The summed E-state index contributed by atoms with van der Waals surface area (Å²) < 4.78 is 0.623. The van der Waals surface area contributed by atoms with Crippen LogP contribution in [0.15, 0.2) is 34.9 Å². The van der Waals surface area contributed by atoms with Crippen molar-refractivity contribution in [1.82, 2.24) is 9.97 Å². The zero-order valence-electron chi connectivity index (χ0n) is 8.82. The number of hydrogen-bond donors (Lipinski definition) is 1. The van der Waals surface area contributed by atoms with Gasteiger partial charge in [-0.05, 0) is 51.8 Å². The van der Waals surface area contributed by atoms with Gasteiger partial charge in [0.2, 0.25) is 5.95 Å². The highest BCUT2D eigenvalue weighted by atomic mass is 79.9. The van der Waals surface area contributed by atoms with Crippen molar-refractivity contribution >= 4 is 56.0 Å². The van der Waals surface area contributed by atoms with E-state index in [1.807, 2.05) is 0 Å². The zero-order chi connectivity index (χ0) is 13.1. The van der Waals surface area contributed by atoms with Gasteiger partial charge in [-0.1, -0.05) is 11.6 Å². The van der Waals surface area contributed by atoms with Gasteiger partial charge in [0.1, 0.15) is 5.15 Å². The van der Waals surface area contributed by atoms with E-state index in [0.717, 1.165) is 5.69 Å². The SMILES string of the molecule is O=C(Cl)c1ccc(Nc2ncc(Br)c(Cl)n2)cc1. The number of halogens is 3. The van der Waals surface area contributed by atoms with Crippen LogP contribution in [0.2, 0.25) is 5.15 Å². The van der Waals surface area contributed by atoms with E-state index in [1.54, 1.807) is 30.5 Å². The van der Waals surface area contributed by atoms with Crippen LogP contribution in [0.4, 0.5) is 11.6 Å². The van der Waals surface area contributed by atoms with Crippen molar-refractivity contribution < 1.29 is 4.79 Å². The number of aromatic nitrogens is 2. The highest BCUT2D eigenvalue weighted by Crippen LogP contribution is 2.21. The van der Waals surface area contributed by atoms with Gasteiger partial charge in [0.15, 0.2) is 0 Å². The van der Waals surface area contributed by atoms with Crippen LogP contribution in [0, 0.1) is 0 Å². The number of anilines is 2. The van der Waals surface area contributed by atoms with Crippen LogP contribution in [0.25, 0.3) is 0 Å². The predicted molar refractivity (Wildman–Crippen MR) is 74.7 cm³/mol. The predicted octanol–water partition coefficient (Wildman–Crippen LogP) is 4.02. The lowest BCUT2D eigenvalue weighted by atomic mass is 10.2. The monoisotopic (exact) mass is 345 g/mol. The molecule has 0 fully saturated rings. The molecule has 92 valence electrons. The van der Waals surface area contributed by atoms with E-state index in [-0.39, 0.29) is 0 Å². The van der Waals surface area contributed by atoms with E-state index in [9.17, 15) is 4.79 Å². The molecule has 0 amide bonds. The molecule has 7 heteroatoms. The third kappa shape index (κ3) is 3.19. The van der Waals surface area contributed by atoms with E-state index < -0.39 is 5.24 Å². The molecule has 4 nitrogen and oxygen atoms in total. The topological polar surface area (TPSA) is 54.9 Å². The fourth-order valence-corrected chi connectivity index (χ4v) is 1.67. The zero-order valence-corrected chi connectivity index (χ0v) is 11.9. The van der Waals surface area contributed by atoms with E-state index >= 15 is 0 Å². The van der Waals surface area contributed by atoms with Crippen LogP contribution in [0.5, 0.6) is 0 Å². The number of carbonyl (C=O) groups excluding carboxylic acids is 1. The Hall–Kier alpha value is -1.17. The van der Waals surface area contributed by atoms with Gasteiger partial charge in [0.25, 0.3) is 5.24 Å². The summed E-state index contributed by atoms with van der Waals surface area (Å²) in [5, 5.41) is 2.78. The minimum atomic E-state index is -0.496. The van der Waals surface area contributed by atoms with E-state index in [0.29, 0.717) is 21.1 Å². The molecule has 0 aliphatic rings. The standard InChI is InChI=1S/C11H6BrCl2N3O/c12-8-5-15-11(17-9(8)13)16-7-3-1-6(2-4-7)10(14)18/h1-5H,(H,15,16,17). The molecule has 0 saturated heterocycles. The highest BCUT2D eigenvalue weighted by molar-refractivity contribution is 9.10. The summed E-state index contributed by atoms with van der Waals surface area (Å²) in [5.41, 5.74) is 1.16. The van der Waals surface area contributed by atoms with Crippen LogP contribution in [-0.4, -0.2) is 15.2 Å². The summed E-state index contributed by atoms with van der Waals surface area (Å²) in [7, 11) is 0. The van der Waals surface area contributed by atoms with E-state index in [2.05, 4.69) is 31.2 Å². The first-order chi connectivity index (χ1) is 8.56. The van der Waals surface area contributed by atoms with Gasteiger partial charge < -0.3 is 5.32 Å². The van der Waals surface area contributed by atoms with Gasteiger partial charge in [-0.3, -0.25) is 4.79 Å². The summed E-state index contributed by atoms with van der Waals surface area (Å²) in [6.45, 7) is 0. The Labute approximate surface area is 121 Å². The Balaban J connectivity index is 2.18. The molecule has 1 N–H and O–H groups in total. The number of hydrogen-bond acceptors (Lipinski definition) is 4. The number of carbonyl (C=O) groups is 1. The van der Waals surface area contributed by atoms with Gasteiger partial charge in [-0.25, -0.2) is 4.98 Å². The molecule has 0 aliphatic carbocycles. The second kappa shape index (κ2) is 5.65. The number of benzene rings is 1. The minimum Gasteiger partial charge on any atom is -0.324 e. The number of nitrogens with one attached hydrogen (secondary N) is 1. The molecule has 0 atom stereocenters. The van der Waals surface area contributed by atoms with Crippen molar-refractivity contribution in [1.29, 1.82) is 0 Å². The van der Waals surface area contributed by atoms with Crippen LogP contribution in [-0.2, 0) is 0 Å². The van der Waals surface area contributed by atoms with Gasteiger partial charge in [-0.15, -0.1) is 0 Å². The molecule has 1 heterocycles. The minimum absolute atomic E-state index is 0.319. The Bertz CT molecular complexity index is 589. The molecule has 0 radical (unpaired) electrons. The maximum absolute atomic E-state index is 10.9. The van der Waals surface area contributed by atoms with Gasteiger partial charge in [0, 0.05) is 17.4 Å². The fraction of sp³-hybridized carbons (Fsp3) is 0. The third-order valence-corrected chi connectivity index (χ3v) is 3.38. The first-order valence-corrected chi connectivity index (χ1v) is 6.36. The first kappa shape index (κ1) is 13.3. The molecule has 0 bridgehead atoms. The molecule has 2 rings (SSSR count). The lowest BCUT2D eigenvalue weighted by molar-refractivity contribution is 0.108. The molecule has 2 aromatic rings. The average Bonchev–Trinajstić information content (AvgIpc) is 2.34. The van der Waals surface area contributed by atoms with E-state index in [4.69, 9.17) is 23.2 Å². The number of nitrogens with zero attached hydrogens (tertiary/aromatic N) is 2. The van der Waals surface area contributed by atoms with Crippen molar-refractivity contribution in [2.75, 3.05) is 5.32 Å². The van der Waals surface area contributed by atoms with Crippen LogP contribution in [0.1, 0.15) is 10.4 Å². The van der Waals surface area contributed by atoms with Crippen molar-refractivity contribution in [3.8, 4) is 0 Å². The maximum atomic E-state index is 10.9. The Morgan fingerprint density at radius 3 is 2.50 bits per heavy atom. The molecule has 0 unspecified atom stereocenters. The number of rotatable bonds is 3. The van der Waals surface area contributed by atoms with Crippen molar-refractivity contribution in [3.05, 3.63) is 45.7 Å². The molecule has 0 aliphatic heterocycles. The van der Waals surface area contributed by atoms with Gasteiger partial charge in [0.05, 0.1) is 4.47 Å². The highest BCUT2D eigenvalue weighted by Gasteiger charge is 2.04. The van der Waals surface area contributed by atoms with Crippen LogP contribution >= 0.6 is 39.1 Å². The Morgan fingerprint density at radius 1 is 1.28 bits per heavy atom. The second-order valence-electron chi connectivity index (χ2n) is 3.31. The normalized spacial score (nSPS) is 10.2. The first-order valence-electron chi connectivity index (χ1n) is 4.81. The van der Waals surface area contributed by atoms with Crippen LogP contribution in [0.3, 0.4) is 0 Å². The lowest BCUT2D eigenvalue weighted by Crippen LogP contribution is -1.97. The summed E-state index contributed by atoms with van der Waals surface area (Å²) >= 11 is 14.4. The summed E-state index contributed by atoms with van der Waals surface area (Å²) in [4.78, 5) is 19.0. The Morgan fingerprint density at radius 2 is 1.94 bits per heavy atom. The largest absolute Gasteiger partial charge is 0.324 e. The van der Waals surface area contributed by atoms with Gasteiger partial charge >= 0.3 is 0 Å². The smallest absolute Gasteiger partial charge is 0.252 e. The fourth-order valence-electron chi connectivity index (χ4n) is 1.22. The lowest BCUT2D eigenvalue weighted by Gasteiger charge is -2.05. The quantitative estimate of drug-likeness (QED) is 0.673. The molecular formula is C11H6BrCl2N3O. The van der Waals surface area contributed by atoms with Crippen LogP contribution < -0.4 is 5.32 Å². The Kier molecular flexibility index (Phi) is 4.16. The van der Waals surface area contributed by atoms with Crippen molar-refractivity contribution in [2.45, 2.75) is 0 Å². The molecule has 0 saturated carbocycles. The van der Waals surface area contributed by atoms with Crippen molar-refractivity contribution in [3.63, 3.8) is 0 Å². The molecular weight excluding hydrogens is 341 g/mol. The molecule has 0 spiro atoms. The van der Waals surface area contributed by atoms with Gasteiger partial charge in [-0.2, -0.15) is 4.98 Å². The summed E-state index contributed by atoms with van der Waals surface area (Å²) in [6, 6.07) is 6.63. The van der Waals surface area contributed by atoms with Crippen molar-refractivity contribution in [2.24, 2.45) is 0 Å². The third-order valence-electron chi connectivity index (χ3n) is 2.07. The maximum Gasteiger partial charge on any atom is 0.252 e. The molecule has 1 aromatic heterocycles. The summed E-state index contributed by atoms with van der Waals surface area (Å²) in [6.07, 6.45) is 1.55.